The lowest BCUT2D eigenvalue weighted by atomic mass is 10.0. The van der Waals surface area contributed by atoms with Gasteiger partial charge < -0.3 is 0 Å². The Morgan fingerprint density at radius 2 is 1.74 bits per heavy atom. The van der Waals surface area contributed by atoms with E-state index in [-0.39, 0.29) is 5.82 Å². The van der Waals surface area contributed by atoms with Crippen molar-refractivity contribution in [1.82, 2.24) is 4.98 Å². The summed E-state index contributed by atoms with van der Waals surface area (Å²) in [5, 5.41) is 1.19. The smallest absolute Gasteiger partial charge is 0.123 e. The molecule has 94 valence electrons. The van der Waals surface area contributed by atoms with Crippen molar-refractivity contribution in [2.24, 2.45) is 0 Å². The molecule has 0 fully saturated rings. The molecule has 1 heterocycles. The lowest BCUT2D eigenvalue weighted by Crippen LogP contribution is -1.95. The first-order valence-electron chi connectivity index (χ1n) is 6.32. The highest BCUT2D eigenvalue weighted by molar-refractivity contribution is 5.82. The van der Waals surface area contributed by atoms with Crippen molar-refractivity contribution >= 4 is 10.9 Å². The van der Waals surface area contributed by atoms with Gasteiger partial charge in [-0.15, -0.1) is 0 Å². The largest absolute Gasteiger partial charge is 0.252 e. The third kappa shape index (κ3) is 2.48. The van der Waals surface area contributed by atoms with Gasteiger partial charge in [0.1, 0.15) is 5.82 Å². The number of hydrogen-bond acceptors (Lipinski definition) is 1. The second-order valence-corrected chi connectivity index (χ2v) is 4.75. The fourth-order valence-corrected chi connectivity index (χ4v) is 2.32. The van der Waals surface area contributed by atoms with Gasteiger partial charge in [-0.2, -0.15) is 0 Å². The number of aryl methyl sites for hydroxylation is 1. The zero-order valence-corrected chi connectivity index (χ0v) is 10.7. The highest BCUT2D eigenvalue weighted by Crippen LogP contribution is 2.19. The summed E-state index contributed by atoms with van der Waals surface area (Å²) in [7, 11) is 0. The Balaban J connectivity index is 1.99. The van der Waals surface area contributed by atoms with Crippen LogP contribution in [0, 0.1) is 12.7 Å². The third-order valence-electron chi connectivity index (χ3n) is 3.27. The molecule has 0 spiro atoms. The van der Waals surface area contributed by atoms with Crippen molar-refractivity contribution < 1.29 is 4.39 Å². The molecule has 2 heteroatoms. The molecule has 0 aliphatic carbocycles. The van der Waals surface area contributed by atoms with Gasteiger partial charge in [0.05, 0.1) is 5.52 Å². The number of pyridine rings is 1. The standard InChI is InChI=1S/C17H14FN/c1-12-10-15(11-13-6-8-14(18)9-7-13)19-17-5-3-2-4-16(12)17/h2-10H,11H2,1H3. The Labute approximate surface area is 111 Å². The molecule has 0 bridgehead atoms. The van der Waals surface area contributed by atoms with Crippen LogP contribution >= 0.6 is 0 Å². The van der Waals surface area contributed by atoms with Gasteiger partial charge in [-0.1, -0.05) is 30.3 Å². The van der Waals surface area contributed by atoms with Gasteiger partial charge in [-0.25, -0.2) is 4.39 Å². The third-order valence-corrected chi connectivity index (χ3v) is 3.27. The molecule has 19 heavy (non-hydrogen) atoms. The highest BCUT2D eigenvalue weighted by atomic mass is 19.1. The minimum absolute atomic E-state index is 0.202. The van der Waals surface area contributed by atoms with Crippen molar-refractivity contribution in [2.45, 2.75) is 13.3 Å². The fraction of sp³-hybridized carbons (Fsp3) is 0.118. The van der Waals surface area contributed by atoms with Crippen LogP contribution in [0.2, 0.25) is 0 Å². The van der Waals surface area contributed by atoms with Crippen LogP contribution in [0.4, 0.5) is 4.39 Å². The van der Waals surface area contributed by atoms with Crippen molar-refractivity contribution in [3.05, 3.63) is 77.2 Å². The first-order chi connectivity index (χ1) is 9.22. The van der Waals surface area contributed by atoms with Crippen LogP contribution in [0.15, 0.2) is 54.6 Å². The predicted octanol–water partition coefficient (Wildman–Crippen LogP) is 4.27. The number of para-hydroxylation sites is 1. The van der Waals surface area contributed by atoms with E-state index in [0.717, 1.165) is 23.2 Å². The van der Waals surface area contributed by atoms with Gasteiger partial charge in [0.2, 0.25) is 0 Å². The lowest BCUT2D eigenvalue weighted by molar-refractivity contribution is 0.627. The number of hydrogen-bond donors (Lipinski definition) is 0. The van der Waals surface area contributed by atoms with Gasteiger partial charge in [-0.05, 0) is 42.3 Å². The Kier molecular flexibility index (Phi) is 3.00. The van der Waals surface area contributed by atoms with Gasteiger partial charge >= 0.3 is 0 Å². The summed E-state index contributed by atoms with van der Waals surface area (Å²) in [6.45, 7) is 2.10. The van der Waals surface area contributed by atoms with Gasteiger partial charge in [0.15, 0.2) is 0 Å². The molecule has 0 unspecified atom stereocenters. The summed E-state index contributed by atoms with van der Waals surface area (Å²) < 4.78 is 12.9. The van der Waals surface area contributed by atoms with E-state index in [1.807, 2.05) is 30.3 Å². The minimum atomic E-state index is -0.202. The molecule has 0 aliphatic heterocycles. The van der Waals surface area contributed by atoms with Crippen LogP contribution in [-0.2, 0) is 6.42 Å². The SMILES string of the molecule is Cc1cc(Cc2ccc(F)cc2)nc2ccccc12. The van der Waals surface area contributed by atoms with E-state index >= 15 is 0 Å². The molecule has 0 radical (unpaired) electrons. The topological polar surface area (TPSA) is 12.9 Å². The van der Waals surface area contributed by atoms with E-state index in [2.05, 4.69) is 24.0 Å². The number of halogens is 1. The molecule has 0 aliphatic rings. The average molecular weight is 251 g/mol. The normalized spacial score (nSPS) is 10.8. The van der Waals surface area contributed by atoms with Crippen LogP contribution in [-0.4, -0.2) is 4.98 Å². The Hall–Kier alpha value is -2.22. The second-order valence-electron chi connectivity index (χ2n) is 4.75. The molecule has 1 aromatic heterocycles. The lowest BCUT2D eigenvalue weighted by Gasteiger charge is -2.06. The van der Waals surface area contributed by atoms with E-state index in [1.54, 1.807) is 0 Å². The average Bonchev–Trinajstić information content (AvgIpc) is 2.42. The molecule has 0 N–H and O–H groups in total. The number of fused-ring (bicyclic) bond motifs is 1. The summed E-state index contributed by atoms with van der Waals surface area (Å²) in [6, 6.07) is 16.8. The van der Waals surface area contributed by atoms with Crippen LogP contribution in [0.25, 0.3) is 10.9 Å². The van der Waals surface area contributed by atoms with Crippen LogP contribution in [0.5, 0.6) is 0 Å². The van der Waals surface area contributed by atoms with E-state index < -0.39 is 0 Å². The molecule has 0 amide bonds. The number of nitrogens with zero attached hydrogens (tertiary/aromatic N) is 1. The molecule has 3 aromatic rings. The van der Waals surface area contributed by atoms with Crippen molar-refractivity contribution in [3.8, 4) is 0 Å². The van der Waals surface area contributed by atoms with Gasteiger partial charge in [0.25, 0.3) is 0 Å². The van der Waals surface area contributed by atoms with Crippen molar-refractivity contribution in [2.75, 3.05) is 0 Å². The molecule has 2 aromatic carbocycles. The summed E-state index contributed by atoms with van der Waals surface area (Å²) in [4.78, 5) is 4.66. The molecule has 1 nitrogen and oxygen atoms in total. The molecular formula is C17H14FN. The van der Waals surface area contributed by atoms with Crippen molar-refractivity contribution in [3.63, 3.8) is 0 Å². The number of rotatable bonds is 2. The van der Waals surface area contributed by atoms with E-state index in [4.69, 9.17) is 0 Å². The summed E-state index contributed by atoms with van der Waals surface area (Å²) in [6.07, 6.45) is 0.728. The molecule has 0 atom stereocenters. The monoisotopic (exact) mass is 251 g/mol. The van der Waals surface area contributed by atoms with Crippen LogP contribution < -0.4 is 0 Å². The van der Waals surface area contributed by atoms with Crippen LogP contribution in [0.3, 0.4) is 0 Å². The zero-order valence-electron chi connectivity index (χ0n) is 10.7. The Morgan fingerprint density at radius 1 is 1.00 bits per heavy atom. The molecule has 0 saturated heterocycles. The Morgan fingerprint density at radius 3 is 2.53 bits per heavy atom. The van der Waals surface area contributed by atoms with E-state index in [9.17, 15) is 4.39 Å². The molecule has 0 saturated carbocycles. The number of aromatic nitrogens is 1. The maximum atomic E-state index is 12.9. The van der Waals surface area contributed by atoms with Crippen LogP contribution in [0.1, 0.15) is 16.8 Å². The zero-order chi connectivity index (χ0) is 13.2. The first kappa shape index (κ1) is 11.8. The first-order valence-corrected chi connectivity index (χ1v) is 6.32. The Bertz CT molecular complexity index is 717. The summed E-state index contributed by atoms with van der Waals surface area (Å²) >= 11 is 0. The van der Waals surface area contributed by atoms with Gasteiger partial charge in [-0.3, -0.25) is 4.98 Å². The summed E-state index contributed by atoms with van der Waals surface area (Å²) in [5.41, 5.74) is 4.33. The molecule has 3 rings (SSSR count). The maximum Gasteiger partial charge on any atom is 0.123 e. The van der Waals surface area contributed by atoms with E-state index in [0.29, 0.717) is 0 Å². The summed E-state index contributed by atoms with van der Waals surface area (Å²) in [5.74, 6) is -0.202. The highest BCUT2D eigenvalue weighted by Gasteiger charge is 2.03. The van der Waals surface area contributed by atoms with Gasteiger partial charge in [0, 0.05) is 17.5 Å². The van der Waals surface area contributed by atoms with E-state index in [1.165, 1.54) is 23.1 Å². The maximum absolute atomic E-state index is 12.9. The number of benzene rings is 2. The van der Waals surface area contributed by atoms with Crippen molar-refractivity contribution in [1.29, 1.82) is 0 Å². The fourth-order valence-electron chi connectivity index (χ4n) is 2.32. The predicted molar refractivity (Wildman–Crippen MR) is 75.7 cm³/mol. The molecular weight excluding hydrogens is 237 g/mol. The second kappa shape index (κ2) is 4.81. The minimum Gasteiger partial charge on any atom is -0.252 e. The quantitative estimate of drug-likeness (QED) is 0.662.